The number of ether oxygens (including phenoxy) is 1. The summed E-state index contributed by atoms with van der Waals surface area (Å²) in [4.78, 5) is 0. The number of aryl methyl sites for hydroxylation is 1. The Morgan fingerprint density at radius 3 is 2.57 bits per heavy atom. The molecule has 114 valence electrons. The van der Waals surface area contributed by atoms with Crippen molar-refractivity contribution >= 4 is 11.6 Å². The maximum Gasteiger partial charge on any atom is 0.119 e. The topological polar surface area (TPSA) is 39.1 Å². The Labute approximate surface area is 131 Å². The minimum atomic E-state index is 0.00897. The van der Waals surface area contributed by atoms with Gasteiger partial charge in [-0.25, -0.2) is 0 Å². The van der Waals surface area contributed by atoms with E-state index >= 15 is 0 Å². The summed E-state index contributed by atoms with van der Waals surface area (Å²) in [5, 5.41) is 8.15. The third-order valence-corrected chi connectivity index (χ3v) is 3.77. The van der Waals surface area contributed by atoms with Gasteiger partial charge in [-0.2, -0.15) is 5.10 Å². The molecule has 1 atom stereocenters. The lowest BCUT2D eigenvalue weighted by Gasteiger charge is -2.18. The molecule has 1 N–H and O–H groups in total. The lowest BCUT2D eigenvalue weighted by molar-refractivity contribution is 0.309. The highest BCUT2D eigenvalue weighted by Gasteiger charge is 2.19. The molecule has 0 saturated heterocycles. The van der Waals surface area contributed by atoms with Gasteiger partial charge in [0.05, 0.1) is 29.6 Å². The van der Waals surface area contributed by atoms with Gasteiger partial charge in [-0.05, 0) is 31.2 Å². The number of hydrogen-bond donors (Lipinski definition) is 1. The van der Waals surface area contributed by atoms with Crippen LogP contribution in [-0.2, 0) is 7.05 Å². The number of nitrogens with one attached hydrogen (secondary N) is 1. The first-order valence-electron chi connectivity index (χ1n) is 7.24. The largest absolute Gasteiger partial charge is 0.494 e. The van der Waals surface area contributed by atoms with E-state index in [4.69, 9.17) is 16.3 Å². The van der Waals surface area contributed by atoms with Crippen LogP contribution in [0.15, 0.2) is 30.5 Å². The second-order valence-corrected chi connectivity index (χ2v) is 5.40. The molecule has 1 unspecified atom stereocenters. The van der Waals surface area contributed by atoms with Crippen LogP contribution in [0.2, 0.25) is 5.02 Å². The van der Waals surface area contributed by atoms with Crippen LogP contribution < -0.4 is 10.1 Å². The van der Waals surface area contributed by atoms with Gasteiger partial charge in [0.15, 0.2) is 0 Å². The fraction of sp³-hybridized carbons (Fsp3) is 0.438. The van der Waals surface area contributed by atoms with Gasteiger partial charge in [0.1, 0.15) is 5.75 Å². The van der Waals surface area contributed by atoms with E-state index in [0.29, 0.717) is 5.02 Å². The zero-order chi connectivity index (χ0) is 15.2. The van der Waals surface area contributed by atoms with Gasteiger partial charge >= 0.3 is 0 Å². The van der Waals surface area contributed by atoms with Crippen molar-refractivity contribution in [1.29, 1.82) is 0 Å². The number of hydrogen-bond acceptors (Lipinski definition) is 3. The smallest absolute Gasteiger partial charge is 0.119 e. The number of aromatic nitrogens is 2. The molecule has 2 rings (SSSR count). The zero-order valence-corrected chi connectivity index (χ0v) is 13.5. The Bertz CT molecular complexity index is 546. The highest BCUT2D eigenvalue weighted by atomic mass is 35.5. The van der Waals surface area contributed by atoms with Crippen molar-refractivity contribution in [1.82, 2.24) is 15.1 Å². The minimum absolute atomic E-state index is 0.00897. The molecule has 4 nitrogen and oxygen atoms in total. The molecule has 1 aromatic carbocycles. The Morgan fingerprint density at radius 2 is 2.05 bits per heavy atom. The molecule has 1 aromatic heterocycles. The fourth-order valence-corrected chi connectivity index (χ4v) is 2.57. The summed E-state index contributed by atoms with van der Waals surface area (Å²) in [6, 6.07) is 8.13. The molecule has 5 heteroatoms. The summed E-state index contributed by atoms with van der Waals surface area (Å²) < 4.78 is 7.49. The van der Waals surface area contributed by atoms with E-state index < -0.39 is 0 Å². The van der Waals surface area contributed by atoms with Crippen molar-refractivity contribution in [2.45, 2.75) is 25.8 Å². The molecule has 0 aliphatic heterocycles. The molecule has 0 spiro atoms. The van der Waals surface area contributed by atoms with E-state index in [1.54, 1.807) is 10.9 Å². The normalized spacial score (nSPS) is 12.4. The number of halogens is 1. The summed E-state index contributed by atoms with van der Waals surface area (Å²) in [5.41, 5.74) is 2.09. The van der Waals surface area contributed by atoms with Crippen LogP contribution in [0.25, 0.3) is 0 Å². The van der Waals surface area contributed by atoms with Crippen LogP contribution in [0.5, 0.6) is 5.75 Å². The van der Waals surface area contributed by atoms with Gasteiger partial charge in [0.2, 0.25) is 0 Å². The Kier molecular flexibility index (Phi) is 5.65. The predicted molar refractivity (Wildman–Crippen MR) is 86.0 cm³/mol. The molecule has 0 radical (unpaired) electrons. The monoisotopic (exact) mass is 307 g/mol. The highest BCUT2D eigenvalue weighted by molar-refractivity contribution is 6.31. The van der Waals surface area contributed by atoms with E-state index in [-0.39, 0.29) is 6.04 Å². The fourth-order valence-electron chi connectivity index (χ4n) is 2.30. The second kappa shape index (κ2) is 7.48. The van der Waals surface area contributed by atoms with Crippen LogP contribution in [0.4, 0.5) is 0 Å². The average Bonchev–Trinajstić information content (AvgIpc) is 2.82. The Balaban J connectivity index is 2.16. The second-order valence-electron chi connectivity index (χ2n) is 4.99. The van der Waals surface area contributed by atoms with Crippen molar-refractivity contribution in [2.75, 3.05) is 13.7 Å². The van der Waals surface area contributed by atoms with E-state index in [1.165, 1.54) is 0 Å². The Hall–Kier alpha value is -1.52. The molecule has 21 heavy (non-hydrogen) atoms. The van der Waals surface area contributed by atoms with Crippen LogP contribution in [0.3, 0.4) is 0 Å². The van der Waals surface area contributed by atoms with Crippen molar-refractivity contribution < 1.29 is 4.74 Å². The van der Waals surface area contributed by atoms with Gasteiger partial charge < -0.3 is 10.1 Å². The molecule has 1 heterocycles. The van der Waals surface area contributed by atoms with E-state index in [2.05, 4.69) is 29.5 Å². The zero-order valence-electron chi connectivity index (χ0n) is 12.8. The van der Waals surface area contributed by atoms with Gasteiger partial charge in [-0.3, -0.25) is 4.68 Å². The van der Waals surface area contributed by atoms with Crippen LogP contribution in [0.1, 0.15) is 37.1 Å². The molecular weight excluding hydrogens is 286 g/mol. The molecule has 0 bridgehead atoms. The van der Waals surface area contributed by atoms with Crippen LogP contribution >= 0.6 is 11.6 Å². The van der Waals surface area contributed by atoms with Crippen LogP contribution in [-0.4, -0.2) is 23.4 Å². The van der Waals surface area contributed by atoms with Gasteiger partial charge in [-0.1, -0.05) is 37.1 Å². The third kappa shape index (κ3) is 3.77. The third-order valence-electron chi connectivity index (χ3n) is 3.48. The van der Waals surface area contributed by atoms with Gasteiger partial charge in [0, 0.05) is 7.05 Å². The quantitative estimate of drug-likeness (QED) is 0.795. The molecule has 0 fully saturated rings. The molecule has 0 saturated carbocycles. The van der Waals surface area contributed by atoms with E-state index in [9.17, 15) is 0 Å². The highest BCUT2D eigenvalue weighted by Crippen LogP contribution is 2.28. The van der Waals surface area contributed by atoms with E-state index in [1.807, 2.05) is 26.2 Å². The summed E-state index contributed by atoms with van der Waals surface area (Å²) in [6.07, 6.45) is 3.88. The standard InChI is InChI=1S/C16H22ClN3O/c1-4-5-10-21-13-8-6-12(7-9-13)15(18-2)16-14(17)11-19-20(16)3/h6-9,11,15,18H,4-5,10H2,1-3H3. The molecule has 0 aliphatic carbocycles. The minimum Gasteiger partial charge on any atom is -0.494 e. The lowest BCUT2D eigenvalue weighted by atomic mass is 10.0. The van der Waals surface area contributed by atoms with E-state index in [0.717, 1.165) is 36.5 Å². The van der Waals surface area contributed by atoms with Crippen molar-refractivity contribution in [3.63, 3.8) is 0 Å². The predicted octanol–water partition coefficient (Wildman–Crippen LogP) is 3.56. The average molecular weight is 308 g/mol. The lowest BCUT2D eigenvalue weighted by Crippen LogP contribution is -2.21. The number of unbranched alkanes of at least 4 members (excludes halogenated alkanes) is 1. The Morgan fingerprint density at radius 1 is 1.33 bits per heavy atom. The first-order chi connectivity index (χ1) is 10.2. The maximum absolute atomic E-state index is 6.24. The number of benzene rings is 1. The summed E-state index contributed by atoms with van der Waals surface area (Å²) in [7, 11) is 3.81. The van der Waals surface area contributed by atoms with Crippen molar-refractivity contribution in [3.05, 3.63) is 46.7 Å². The first kappa shape index (κ1) is 15.9. The van der Waals surface area contributed by atoms with Crippen LogP contribution in [0, 0.1) is 0 Å². The first-order valence-corrected chi connectivity index (χ1v) is 7.62. The van der Waals surface area contributed by atoms with Crippen molar-refractivity contribution in [3.8, 4) is 5.75 Å². The van der Waals surface area contributed by atoms with Gasteiger partial charge in [0.25, 0.3) is 0 Å². The summed E-state index contributed by atoms with van der Waals surface area (Å²) >= 11 is 6.24. The molecular formula is C16H22ClN3O. The number of nitrogens with zero attached hydrogens (tertiary/aromatic N) is 2. The molecule has 0 amide bonds. The summed E-state index contributed by atoms with van der Waals surface area (Å²) in [6.45, 7) is 2.92. The summed E-state index contributed by atoms with van der Waals surface area (Å²) in [5.74, 6) is 0.901. The maximum atomic E-state index is 6.24. The SMILES string of the molecule is CCCCOc1ccc(C(NC)c2c(Cl)cnn2C)cc1. The van der Waals surface area contributed by atoms with Crippen molar-refractivity contribution in [2.24, 2.45) is 7.05 Å². The van der Waals surface area contributed by atoms with Gasteiger partial charge in [-0.15, -0.1) is 0 Å². The molecule has 0 aliphatic rings. The number of rotatable bonds is 7. The molecule has 2 aromatic rings.